The van der Waals surface area contributed by atoms with Gasteiger partial charge in [-0.3, -0.25) is 9.69 Å². The van der Waals surface area contributed by atoms with E-state index in [2.05, 4.69) is 17.9 Å². The minimum absolute atomic E-state index is 0.261. The molecule has 2 rings (SSSR count). The molecule has 110 valence electrons. The van der Waals surface area contributed by atoms with Crippen LogP contribution in [0.1, 0.15) is 38.3 Å². The number of carbonyl (C=O) groups excluding carboxylic acids is 1. The van der Waals surface area contributed by atoms with Crippen molar-refractivity contribution < 1.29 is 4.79 Å². The summed E-state index contributed by atoms with van der Waals surface area (Å²) in [6.07, 6.45) is 1.63. The molecule has 1 aliphatic rings. The first-order chi connectivity index (χ1) is 9.63. The normalized spacial score (nSPS) is 18.6. The molecule has 3 nitrogen and oxygen atoms in total. The number of nitrogens with zero attached hydrogens (tertiary/aromatic N) is 2. The smallest absolute Gasteiger partial charge is 0.222 e. The molecule has 1 unspecified atom stereocenters. The van der Waals surface area contributed by atoms with Gasteiger partial charge in [0.2, 0.25) is 5.91 Å². The molecule has 1 atom stereocenters. The van der Waals surface area contributed by atoms with Crippen molar-refractivity contribution in [3.63, 3.8) is 0 Å². The molecule has 1 aliphatic heterocycles. The van der Waals surface area contributed by atoms with Gasteiger partial charge in [0.05, 0.1) is 0 Å². The Kier molecular flexibility index (Phi) is 5.44. The zero-order chi connectivity index (χ0) is 14.5. The number of hydrogen-bond donors (Lipinski definition) is 0. The summed E-state index contributed by atoms with van der Waals surface area (Å²) in [7, 11) is 0. The molecule has 0 aromatic heterocycles. The second-order valence-corrected chi connectivity index (χ2v) is 5.73. The molecule has 1 aromatic carbocycles. The Labute approximate surface area is 126 Å². The first-order valence-electron chi connectivity index (χ1n) is 7.39. The quantitative estimate of drug-likeness (QED) is 0.853. The topological polar surface area (TPSA) is 23.6 Å². The van der Waals surface area contributed by atoms with Crippen LogP contribution in [-0.4, -0.2) is 41.9 Å². The summed E-state index contributed by atoms with van der Waals surface area (Å²) < 4.78 is 0. The van der Waals surface area contributed by atoms with Gasteiger partial charge in [-0.2, -0.15) is 0 Å². The van der Waals surface area contributed by atoms with Crippen LogP contribution < -0.4 is 0 Å². The molecule has 0 N–H and O–H groups in total. The third-order valence-corrected chi connectivity index (χ3v) is 4.43. The van der Waals surface area contributed by atoms with Crippen LogP contribution in [0.25, 0.3) is 0 Å². The van der Waals surface area contributed by atoms with Crippen LogP contribution >= 0.6 is 11.6 Å². The van der Waals surface area contributed by atoms with Gasteiger partial charge in [0.15, 0.2) is 0 Å². The van der Waals surface area contributed by atoms with Gasteiger partial charge in [-0.15, -0.1) is 0 Å². The van der Waals surface area contributed by atoms with Crippen molar-refractivity contribution in [2.24, 2.45) is 0 Å². The van der Waals surface area contributed by atoms with Gasteiger partial charge in [-0.1, -0.05) is 36.7 Å². The fraction of sp³-hybridized carbons (Fsp3) is 0.562. The Morgan fingerprint density at radius 2 is 2.00 bits per heavy atom. The monoisotopic (exact) mass is 294 g/mol. The van der Waals surface area contributed by atoms with E-state index >= 15 is 0 Å². The molecule has 0 saturated carbocycles. The van der Waals surface area contributed by atoms with Crippen molar-refractivity contribution in [3.8, 4) is 0 Å². The molecule has 0 bridgehead atoms. The predicted octanol–water partition coefficient (Wildman–Crippen LogP) is 3.35. The van der Waals surface area contributed by atoms with E-state index in [0.717, 1.165) is 37.6 Å². The zero-order valence-corrected chi connectivity index (χ0v) is 13.1. The maximum absolute atomic E-state index is 11.8. The average Bonchev–Trinajstić information content (AvgIpc) is 2.72. The van der Waals surface area contributed by atoms with E-state index in [1.165, 1.54) is 5.56 Å². The Balaban J connectivity index is 2.03. The SMILES string of the molecule is CCC(=O)N1CCCN(C(C)c2ccccc2Cl)CC1. The van der Waals surface area contributed by atoms with Gasteiger partial charge in [0.1, 0.15) is 0 Å². The highest BCUT2D eigenvalue weighted by molar-refractivity contribution is 6.31. The van der Waals surface area contributed by atoms with Crippen molar-refractivity contribution in [1.29, 1.82) is 0 Å². The van der Waals surface area contributed by atoms with Crippen molar-refractivity contribution >= 4 is 17.5 Å². The summed E-state index contributed by atoms with van der Waals surface area (Å²) in [4.78, 5) is 16.2. The highest BCUT2D eigenvalue weighted by Crippen LogP contribution is 2.27. The van der Waals surface area contributed by atoms with Gasteiger partial charge in [-0.05, 0) is 25.0 Å². The standard InChI is InChI=1S/C16H23ClN2O/c1-3-16(20)19-10-6-9-18(11-12-19)13(2)14-7-4-5-8-15(14)17/h4-5,7-8,13H,3,6,9-12H2,1-2H3. The molecule has 1 fully saturated rings. The Hall–Kier alpha value is -1.06. The Morgan fingerprint density at radius 1 is 1.25 bits per heavy atom. The zero-order valence-electron chi connectivity index (χ0n) is 12.3. The molecule has 0 spiro atoms. The largest absolute Gasteiger partial charge is 0.341 e. The summed E-state index contributed by atoms with van der Waals surface area (Å²) in [5.74, 6) is 0.261. The lowest BCUT2D eigenvalue weighted by atomic mass is 10.1. The fourth-order valence-electron chi connectivity index (χ4n) is 2.81. The number of hydrogen-bond acceptors (Lipinski definition) is 2. The van der Waals surface area contributed by atoms with Crippen molar-refractivity contribution in [2.75, 3.05) is 26.2 Å². The molecule has 0 radical (unpaired) electrons. The van der Waals surface area contributed by atoms with E-state index in [4.69, 9.17) is 11.6 Å². The molecular weight excluding hydrogens is 272 g/mol. The predicted molar refractivity (Wildman–Crippen MR) is 82.9 cm³/mol. The Morgan fingerprint density at radius 3 is 2.70 bits per heavy atom. The van der Waals surface area contributed by atoms with E-state index in [1.807, 2.05) is 30.0 Å². The molecule has 0 aliphatic carbocycles. The van der Waals surface area contributed by atoms with Gasteiger partial charge in [0.25, 0.3) is 0 Å². The molecule has 20 heavy (non-hydrogen) atoms. The summed E-state index contributed by atoms with van der Waals surface area (Å²) >= 11 is 6.29. The van der Waals surface area contributed by atoms with Crippen LogP contribution in [-0.2, 0) is 4.79 Å². The number of benzene rings is 1. The number of amides is 1. The lowest BCUT2D eigenvalue weighted by Gasteiger charge is -2.28. The van der Waals surface area contributed by atoms with E-state index in [1.54, 1.807) is 0 Å². The van der Waals surface area contributed by atoms with Crippen LogP contribution in [0.2, 0.25) is 5.02 Å². The number of carbonyl (C=O) groups is 1. The molecule has 1 saturated heterocycles. The molecule has 4 heteroatoms. The summed E-state index contributed by atoms with van der Waals surface area (Å²) in [5.41, 5.74) is 1.17. The van der Waals surface area contributed by atoms with E-state index in [9.17, 15) is 4.79 Å². The lowest BCUT2D eigenvalue weighted by molar-refractivity contribution is -0.130. The maximum Gasteiger partial charge on any atom is 0.222 e. The molecular formula is C16H23ClN2O. The van der Waals surface area contributed by atoms with Crippen molar-refractivity contribution in [3.05, 3.63) is 34.9 Å². The van der Waals surface area contributed by atoms with Crippen LogP contribution in [0.3, 0.4) is 0 Å². The summed E-state index contributed by atoms with van der Waals surface area (Å²) in [5, 5.41) is 0.825. The highest BCUT2D eigenvalue weighted by Gasteiger charge is 2.22. The molecule has 1 amide bonds. The van der Waals surface area contributed by atoms with Gasteiger partial charge in [0, 0.05) is 43.7 Å². The third-order valence-electron chi connectivity index (χ3n) is 4.09. The van der Waals surface area contributed by atoms with Crippen LogP contribution in [0.4, 0.5) is 0 Å². The number of rotatable bonds is 3. The van der Waals surface area contributed by atoms with Crippen LogP contribution in [0, 0.1) is 0 Å². The summed E-state index contributed by atoms with van der Waals surface area (Å²) in [6, 6.07) is 8.32. The Bertz CT molecular complexity index is 464. The minimum Gasteiger partial charge on any atom is -0.341 e. The molecule has 1 aromatic rings. The second-order valence-electron chi connectivity index (χ2n) is 5.32. The average molecular weight is 295 g/mol. The van der Waals surface area contributed by atoms with Crippen LogP contribution in [0.15, 0.2) is 24.3 Å². The fourth-order valence-corrected chi connectivity index (χ4v) is 3.10. The summed E-state index contributed by atoms with van der Waals surface area (Å²) in [6.45, 7) is 7.74. The first kappa shape index (κ1) is 15.3. The molecule has 1 heterocycles. The van der Waals surface area contributed by atoms with Gasteiger partial charge >= 0.3 is 0 Å². The minimum atomic E-state index is 0.261. The first-order valence-corrected chi connectivity index (χ1v) is 7.77. The van der Waals surface area contributed by atoms with E-state index in [0.29, 0.717) is 12.5 Å². The van der Waals surface area contributed by atoms with E-state index < -0.39 is 0 Å². The third kappa shape index (κ3) is 3.53. The van der Waals surface area contributed by atoms with Crippen molar-refractivity contribution in [2.45, 2.75) is 32.7 Å². The maximum atomic E-state index is 11.8. The van der Waals surface area contributed by atoms with Gasteiger partial charge < -0.3 is 4.90 Å². The van der Waals surface area contributed by atoms with Crippen LogP contribution in [0.5, 0.6) is 0 Å². The highest BCUT2D eigenvalue weighted by atomic mass is 35.5. The van der Waals surface area contributed by atoms with Crippen molar-refractivity contribution in [1.82, 2.24) is 9.80 Å². The second kappa shape index (κ2) is 7.09. The van der Waals surface area contributed by atoms with Gasteiger partial charge in [-0.25, -0.2) is 0 Å². The van der Waals surface area contributed by atoms with E-state index in [-0.39, 0.29) is 5.91 Å². The lowest BCUT2D eigenvalue weighted by Crippen LogP contribution is -2.35. The number of halogens is 1.